The van der Waals surface area contributed by atoms with E-state index in [2.05, 4.69) is 29.1 Å². The van der Waals surface area contributed by atoms with E-state index >= 15 is 0 Å². The standard InChI is InChI=1S/C18H23N3O2/c1-12-10-15(11-13(2)23-12)20-18-19-9-8-17(21-18)14-4-6-16(22-3)7-5-14/h4-9,12-13,15H,10-11H2,1-3H3,(H,19,20,21). The second-order valence-electron chi connectivity index (χ2n) is 6.06. The molecule has 0 aliphatic carbocycles. The van der Waals surface area contributed by atoms with Gasteiger partial charge >= 0.3 is 0 Å². The summed E-state index contributed by atoms with van der Waals surface area (Å²) in [7, 11) is 1.66. The molecule has 23 heavy (non-hydrogen) atoms. The summed E-state index contributed by atoms with van der Waals surface area (Å²) in [6.07, 6.45) is 4.27. The Morgan fingerprint density at radius 2 is 1.78 bits per heavy atom. The predicted octanol–water partition coefficient (Wildman–Crippen LogP) is 3.52. The molecule has 3 rings (SSSR count). The van der Waals surface area contributed by atoms with Crippen LogP contribution in [0.1, 0.15) is 26.7 Å². The molecule has 1 fully saturated rings. The van der Waals surface area contributed by atoms with Crippen molar-refractivity contribution in [2.24, 2.45) is 0 Å². The minimum absolute atomic E-state index is 0.265. The summed E-state index contributed by atoms with van der Waals surface area (Å²) in [6.45, 7) is 4.22. The Kier molecular flexibility index (Phi) is 4.76. The fraction of sp³-hybridized carbons (Fsp3) is 0.444. The van der Waals surface area contributed by atoms with Gasteiger partial charge in [0.05, 0.1) is 25.0 Å². The van der Waals surface area contributed by atoms with Crippen LogP contribution in [0, 0.1) is 0 Å². The Balaban J connectivity index is 1.74. The molecule has 1 saturated heterocycles. The maximum Gasteiger partial charge on any atom is 0.223 e. The molecule has 122 valence electrons. The Morgan fingerprint density at radius 3 is 2.43 bits per heavy atom. The first-order valence-electron chi connectivity index (χ1n) is 8.03. The van der Waals surface area contributed by atoms with Gasteiger partial charge in [0.2, 0.25) is 5.95 Å². The zero-order valence-electron chi connectivity index (χ0n) is 13.8. The lowest BCUT2D eigenvalue weighted by atomic mass is 10.0. The van der Waals surface area contributed by atoms with E-state index in [-0.39, 0.29) is 12.2 Å². The monoisotopic (exact) mass is 313 g/mol. The largest absolute Gasteiger partial charge is 0.497 e. The summed E-state index contributed by atoms with van der Waals surface area (Å²) in [5.74, 6) is 1.51. The first-order valence-corrected chi connectivity index (χ1v) is 8.03. The number of rotatable bonds is 4. The van der Waals surface area contributed by atoms with Crippen molar-refractivity contribution in [3.05, 3.63) is 36.5 Å². The number of hydrogen-bond donors (Lipinski definition) is 1. The average Bonchev–Trinajstić information content (AvgIpc) is 2.54. The molecule has 1 aromatic heterocycles. The van der Waals surface area contributed by atoms with Gasteiger partial charge in [-0.15, -0.1) is 0 Å². The van der Waals surface area contributed by atoms with Gasteiger partial charge in [-0.3, -0.25) is 0 Å². The van der Waals surface area contributed by atoms with Gasteiger partial charge in [0.25, 0.3) is 0 Å². The van der Waals surface area contributed by atoms with Crippen molar-refractivity contribution >= 4 is 5.95 Å². The van der Waals surface area contributed by atoms with Crippen LogP contribution in [-0.2, 0) is 4.74 Å². The Hall–Kier alpha value is -2.14. The number of methoxy groups -OCH3 is 1. The highest BCUT2D eigenvalue weighted by Gasteiger charge is 2.24. The number of aromatic nitrogens is 2. The van der Waals surface area contributed by atoms with Crippen molar-refractivity contribution in [1.29, 1.82) is 0 Å². The van der Waals surface area contributed by atoms with Crippen LogP contribution in [0.4, 0.5) is 5.95 Å². The fourth-order valence-electron chi connectivity index (χ4n) is 3.06. The molecule has 1 aliphatic rings. The van der Waals surface area contributed by atoms with Gasteiger partial charge in [0, 0.05) is 17.8 Å². The zero-order valence-corrected chi connectivity index (χ0v) is 13.8. The van der Waals surface area contributed by atoms with Gasteiger partial charge < -0.3 is 14.8 Å². The second kappa shape index (κ2) is 6.96. The van der Waals surface area contributed by atoms with Gasteiger partial charge in [-0.05, 0) is 57.0 Å². The van der Waals surface area contributed by atoms with Crippen LogP contribution in [0.3, 0.4) is 0 Å². The molecule has 1 N–H and O–H groups in total. The molecule has 2 atom stereocenters. The lowest BCUT2D eigenvalue weighted by molar-refractivity contribution is -0.0338. The molecule has 0 saturated carbocycles. The average molecular weight is 313 g/mol. The van der Waals surface area contributed by atoms with E-state index in [1.165, 1.54) is 0 Å². The maximum absolute atomic E-state index is 5.78. The van der Waals surface area contributed by atoms with Gasteiger partial charge in [-0.1, -0.05) is 0 Å². The van der Waals surface area contributed by atoms with Crippen LogP contribution >= 0.6 is 0 Å². The van der Waals surface area contributed by atoms with Crippen molar-refractivity contribution < 1.29 is 9.47 Å². The molecule has 2 unspecified atom stereocenters. The first-order chi connectivity index (χ1) is 11.1. The highest BCUT2D eigenvalue weighted by atomic mass is 16.5. The van der Waals surface area contributed by atoms with E-state index < -0.39 is 0 Å². The predicted molar refractivity (Wildman–Crippen MR) is 90.7 cm³/mol. The summed E-state index contributed by atoms with van der Waals surface area (Å²) in [5.41, 5.74) is 1.95. The first kappa shape index (κ1) is 15.7. The summed E-state index contributed by atoms with van der Waals surface area (Å²) in [5, 5.41) is 3.45. The van der Waals surface area contributed by atoms with Crippen LogP contribution in [0.2, 0.25) is 0 Å². The Labute approximate surface area is 137 Å². The topological polar surface area (TPSA) is 56.3 Å². The highest BCUT2D eigenvalue weighted by molar-refractivity contribution is 5.61. The molecular weight excluding hydrogens is 290 g/mol. The third-order valence-electron chi connectivity index (χ3n) is 4.07. The molecule has 0 spiro atoms. The molecule has 0 radical (unpaired) electrons. The Bertz CT molecular complexity index is 635. The minimum atomic E-state index is 0.265. The number of nitrogens with one attached hydrogen (secondary N) is 1. The lowest BCUT2D eigenvalue weighted by Gasteiger charge is -2.32. The maximum atomic E-state index is 5.78. The summed E-state index contributed by atoms with van der Waals surface area (Å²) >= 11 is 0. The molecule has 1 aromatic carbocycles. The van der Waals surface area contributed by atoms with Gasteiger partial charge in [-0.25, -0.2) is 9.97 Å². The molecule has 0 bridgehead atoms. The summed E-state index contributed by atoms with van der Waals surface area (Å²) < 4.78 is 11.0. The number of anilines is 1. The normalized spacial score (nSPS) is 24.2. The Morgan fingerprint density at radius 1 is 1.09 bits per heavy atom. The molecular formula is C18H23N3O2. The minimum Gasteiger partial charge on any atom is -0.497 e. The summed E-state index contributed by atoms with van der Waals surface area (Å²) in [4.78, 5) is 8.99. The van der Waals surface area contributed by atoms with Crippen molar-refractivity contribution in [2.45, 2.75) is 44.9 Å². The second-order valence-corrected chi connectivity index (χ2v) is 6.06. The van der Waals surface area contributed by atoms with E-state index in [4.69, 9.17) is 9.47 Å². The lowest BCUT2D eigenvalue weighted by Crippen LogP contribution is -2.37. The number of hydrogen-bond acceptors (Lipinski definition) is 5. The van der Waals surface area contributed by atoms with Crippen molar-refractivity contribution in [3.63, 3.8) is 0 Å². The molecule has 0 amide bonds. The quantitative estimate of drug-likeness (QED) is 0.936. The third-order valence-corrected chi connectivity index (χ3v) is 4.07. The van der Waals surface area contributed by atoms with Crippen LogP contribution in [0.5, 0.6) is 5.75 Å². The highest BCUT2D eigenvalue weighted by Crippen LogP contribution is 2.24. The van der Waals surface area contributed by atoms with Crippen molar-refractivity contribution in [1.82, 2.24) is 9.97 Å². The van der Waals surface area contributed by atoms with Crippen LogP contribution in [0.25, 0.3) is 11.3 Å². The SMILES string of the molecule is COc1ccc(-c2ccnc(NC3CC(C)OC(C)C3)n2)cc1. The van der Waals surface area contributed by atoms with Crippen molar-refractivity contribution in [2.75, 3.05) is 12.4 Å². The van der Waals surface area contributed by atoms with E-state index in [1.54, 1.807) is 13.3 Å². The molecule has 2 aromatic rings. The van der Waals surface area contributed by atoms with Gasteiger partial charge in [0.15, 0.2) is 0 Å². The van der Waals surface area contributed by atoms with Crippen LogP contribution in [-0.4, -0.2) is 35.3 Å². The van der Waals surface area contributed by atoms with Crippen molar-refractivity contribution in [3.8, 4) is 17.0 Å². The third kappa shape index (κ3) is 3.99. The molecule has 2 heterocycles. The van der Waals surface area contributed by atoms with E-state index in [0.717, 1.165) is 29.8 Å². The molecule has 5 nitrogen and oxygen atoms in total. The van der Waals surface area contributed by atoms with Gasteiger partial charge in [-0.2, -0.15) is 0 Å². The van der Waals surface area contributed by atoms with Crippen LogP contribution < -0.4 is 10.1 Å². The van der Waals surface area contributed by atoms with Crippen LogP contribution in [0.15, 0.2) is 36.5 Å². The summed E-state index contributed by atoms with van der Waals surface area (Å²) in [6, 6.07) is 10.1. The number of ether oxygens (including phenoxy) is 2. The molecule has 1 aliphatic heterocycles. The molecule has 5 heteroatoms. The smallest absolute Gasteiger partial charge is 0.223 e. The fourth-order valence-corrected chi connectivity index (χ4v) is 3.06. The van der Waals surface area contributed by atoms with E-state index in [0.29, 0.717) is 12.0 Å². The van der Waals surface area contributed by atoms with E-state index in [9.17, 15) is 0 Å². The van der Waals surface area contributed by atoms with E-state index in [1.807, 2.05) is 30.3 Å². The zero-order chi connectivity index (χ0) is 16.2. The van der Waals surface area contributed by atoms with Gasteiger partial charge in [0.1, 0.15) is 5.75 Å². The number of nitrogens with zero attached hydrogens (tertiary/aromatic N) is 2. The number of benzene rings is 1.